The van der Waals surface area contributed by atoms with Crippen LogP contribution in [0.2, 0.25) is 0 Å². The quantitative estimate of drug-likeness (QED) is 0.579. The molecule has 2 heteroatoms. The molecule has 88 valence electrons. The highest BCUT2D eigenvalue weighted by atomic mass is 32.1. The Kier molecular flexibility index (Phi) is 2.98. The van der Waals surface area contributed by atoms with Crippen molar-refractivity contribution in [1.82, 2.24) is 0 Å². The second-order valence-electron chi connectivity index (χ2n) is 4.98. The van der Waals surface area contributed by atoms with Crippen LogP contribution >= 0.6 is 12.2 Å². The second-order valence-corrected chi connectivity index (χ2v) is 5.39. The van der Waals surface area contributed by atoms with Crippen LogP contribution < -0.4 is 5.32 Å². The molecule has 1 saturated carbocycles. The summed E-state index contributed by atoms with van der Waals surface area (Å²) >= 11 is 5.43. The lowest BCUT2D eigenvalue weighted by Crippen LogP contribution is -2.06. The Hall–Kier alpha value is -1.15. The monoisotopic (exact) mass is 243 g/mol. The van der Waals surface area contributed by atoms with Crippen molar-refractivity contribution >= 4 is 28.5 Å². The molecule has 17 heavy (non-hydrogen) atoms. The van der Waals surface area contributed by atoms with Crippen LogP contribution in [0.1, 0.15) is 37.7 Å². The van der Waals surface area contributed by atoms with E-state index in [0.29, 0.717) is 0 Å². The van der Waals surface area contributed by atoms with Gasteiger partial charge in [-0.15, -0.1) is 0 Å². The Morgan fingerprint density at radius 2 is 1.88 bits per heavy atom. The van der Waals surface area contributed by atoms with Crippen molar-refractivity contribution in [3.8, 4) is 0 Å². The maximum Gasteiger partial charge on any atom is 0.111 e. The van der Waals surface area contributed by atoms with Crippen LogP contribution in [0.3, 0.4) is 0 Å². The summed E-state index contributed by atoms with van der Waals surface area (Å²) in [7, 11) is 0. The molecular formula is C15H17NS. The summed E-state index contributed by atoms with van der Waals surface area (Å²) in [6.45, 7) is 0. The third kappa shape index (κ3) is 2.14. The molecule has 0 unspecified atom stereocenters. The maximum absolute atomic E-state index is 5.43. The molecule has 1 nitrogen and oxygen atoms in total. The van der Waals surface area contributed by atoms with E-state index < -0.39 is 0 Å². The van der Waals surface area contributed by atoms with Gasteiger partial charge in [-0.3, -0.25) is 0 Å². The predicted molar refractivity (Wildman–Crippen MR) is 77.2 cm³/mol. The summed E-state index contributed by atoms with van der Waals surface area (Å²) in [5.41, 5.74) is 3.70. The van der Waals surface area contributed by atoms with Crippen LogP contribution in [-0.4, -0.2) is 4.99 Å². The number of benzene rings is 1. The van der Waals surface area contributed by atoms with Crippen molar-refractivity contribution in [2.24, 2.45) is 5.92 Å². The molecule has 1 fully saturated rings. The summed E-state index contributed by atoms with van der Waals surface area (Å²) in [6, 6.07) is 8.40. The topological polar surface area (TPSA) is 12.0 Å². The lowest BCUT2D eigenvalue weighted by Gasteiger charge is -2.18. The van der Waals surface area contributed by atoms with E-state index in [2.05, 4.69) is 35.7 Å². The number of anilines is 1. The fraction of sp³-hybridized carbons (Fsp3) is 0.400. The highest BCUT2D eigenvalue weighted by molar-refractivity contribution is 7.81. The van der Waals surface area contributed by atoms with Gasteiger partial charge in [0, 0.05) is 16.8 Å². The third-order valence-electron chi connectivity index (χ3n) is 3.76. The molecule has 0 atom stereocenters. The predicted octanol–water partition coefficient (Wildman–Crippen LogP) is 4.40. The number of hydrogen-bond donors (Lipinski definition) is 1. The molecule has 1 aliphatic heterocycles. The highest BCUT2D eigenvalue weighted by Crippen LogP contribution is 2.35. The normalized spacial score (nSPS) is 22.6. The fourth-order valence-corrected chi connectivity index (χ4v) is 3.13. The van der Waals surface area contributed by atoms with Crippen molar-refractivity contribution in [1.29, 1.82) is 0 Å². The minimum Gasteiger partial charge on any atom is -0.346 e. The summed E-state index contributed by atoms with van der Waals surface area (Å²) in [5.74, 6) is 0.727. The van der Waals surface area contributed by atoms with Crippen LogP contribution in [0, 0.1) is 5.92 Å². The number of allylic oxidation sites excluding steroid dienone is 1. The van der Waals surface area contributed by atoms with E-state index in [4.69, 9.17) is 12.2 Å². The molecule has 1 N–H and O–H groups in total. The van der Waals surface area contributed by atoms with Crippen molar-refractivity contribution in [2.45, 2.75) is 32.1 Å². The Morgan fingerprint density at radius 1 is 1.12 bits per heavy atom. The average Bonchev–Trinajstić information content (AvgIpc) is 2.68. The van der Waals surface area contributed by atoms with Crippen molar-refractivity contribution in [3.05, 3.63) is 35.9 Å². The standard InChI is InChI=1S/C15H17NS/c17-15-13(10-11-6-2-1-3-7-11)12-8-4-5-9-14(12)16-15/h4-5,8-11H,1-3,6-7H2,(H,16,17)/b13-10+. The second kappa shape index (κ2) is 4.61. The van der Waals surface area contributed by atoms with Gasteiger partial charge in [0.05, 0.1) is 0 Å². The molecule has 0 amide bonds. The number of rotatable bonds is 1. The van der Waals surface area contributed by atoms with Crippen molar-refractivity contribution in [2.75, 3.05) is 5.32 Å². The largest absolute Gasteiger partial charge is 0.346 e. The SMILES string of the molecule is S=C1Nc2ccccc2/C1=C\C1CCCCC1. The first-order valence-corrected chi connectivity index (χ1v) is 6.88. The van der Waals surface area contributed by atoms with E-state index in [0.717, 1.165) is 10.9 Å². The number of hydrogen-bond acceptors (Lipinski definition) is 1. The lowest BCUT2D eigenvalue weighted by molar-refractivity contribution is 0.420. The van der Waals surface area contributed by atoms with E-state index >= 15 is 0 Å². The Balaban J connectivity index is 1.92. The molecular weight excluding hydrogens is 226 g/mol. The van der Waals surface area contributed by atoms with Crippen molar-refractivity contribution < 1.29 is 0 Å². The zero-order valence-electron chi connectivity index (χ0n) is 9.91. The molecule has 0 radical (unpaired) electrons. The van der Waals surface area contributed by atoms with Crippen LogP contribution in [0.25, 0.3) is 5.57 Å². The first-order valence-electron chi connectivity index (χ1n) is 6.47. The number of nitrogens with one attached hydrogen (secondary N) is 1. The van der Waals surface area contributed by atoms with Crippen LogP contribution in [0.5, 0.6) is 0 Å². The number of fused-ring (bicyclic) bond motifs is 1. The van der Waals surface area contributed by atoms with E-state index in [-0.39, 0.29) is 0 Å². The van der Waals surface area contributed by atoms with Gasteiger partial charge >= 0.3 is 0 Å². The zero-order chi connectivity index (χ0) is 11.7. The van der Waals surface area contributed by atoms with Gasteiger partial charge in [-0.2, -0.15) is 0 Å². The first kappa shape index (κ1) is 11.0. The third-order valence-corrected chi connectivity index (χ3v) is 4.08. The van der Waals surface area contributed by atoms with Gasteiger partial charge in [0.2, 0.25) is 0 Å². The summed E-state index contributed by atoms with van der Waals surface area (Å²) in [5, 5.41) is 3.30. The smallest absolute Gasteiger partial charge is 0.111 e. The summed E-state index contributed by atoms with van der Waals surface area (Å²) in [6.07, 6.45) is 9.20. The van der Waals surface area contributed by atoms with Gasteiger partial charge in [0.15, 0.2) is 0 Å². The molecule has 1 aromatic rings. The lowest BCUT2D eigenvalue weighted by atomic mass is 9.87. The minimum absolute atomic E-state index is 0.727. The Labute approximate surface area is 108 Å². The molecule has 1 aromatic carbocycles. The molecule has 1 heterocycles. The highest BCUT2D eigenvalue weighted by Gasteiger charge is 2.22. The van der Waals surface area contributed by atoms with Crippen LogP contribution in [0.4, 0.5) is 5.69 Å². The number of para-hydroxylation sites is 1. The maximum atomic E-state index is 5.43. The summed E-state index contributed by atoms with van der Waals surface area (Å²) < 4.78 is 0. The Bertz CT molecular complexity index is 470. The van der Waals surface area contributed by atoms with Gasteiger partial charge in [-0.25, -0.2) is 0 Å². The first-order chi connectivity index (χ1) is 8.34. The van der Waals surface area contributed by atoms with Gasteiger partial charge < -0.3 is 5.32 Å². The molecule has 0 saturated heterocycles. The molecule has 0 spiro atoms. The molecule has 1 aliphatic carbocycles. The van der Waals surface area contributed by atoms with E-state index in [9.17, 15) is 0 Å². The van der Waals surface area contributed by atoms with Crippen LogP contribution in [-0.2, 0) is 0 Å². The average molecular weight is 243 g/mol. The molecule has 3 rings (SSSR count). The van der Waals surface area contributed by atoms with Gasteiger partial charge in [0.25, 0.3) is 0 Å². The van der Waals surface area contributed by atoms with Gasteiger partial charge in [0.1, 0.15) is 4.99 Å². The van der Waals surface area contributed by atoms with E-state index in [1.165, 1.54) is 48.9 Å². The van der Waals surface area contributed by atoms with Crippen molar-refractivity contribution in [3.63, 3.8) is 0 Å². The molecule has 2 aliphatic rings. The molecule has 0 bridgehead atoms. The van der Waals surface area contributed by atoms with E-state index in [1.807, 2.05) is 0 Å². The Morgan fingerprint density at radius 3 is 2.71 bits per heavy atom. The summed E-state index contributed by atoms with van der Waals surface area (Å²) in [4.78, 5) is 0.900. The number of thiocarbonyl (C=S) groups is 1. The fourth-order valence-electron chi connectivity index (χ4n) is 2.84. The van der Waals surface area contributed by atoms with E-state index in [1.54, 1.807) is 0 Å². The zero-order valence-corrected chi connectivity index (χ0v) is 10.7. The molecule has 0 aromatic heterocycles. The van der Waals surface area contributed by atoms with Gasteiger partial charge in [-0.05, 0) is 24.8 Å². The van der Waals surface area contributed by atoms with Crippen LogP contribution in [0.15, 0.2) is 30.3 Å². The minimum atomic E-state index is 0.727. The van der Waals surface area contributed by atoms with Gasteiger partial charge in [-0.1, -0.05) is 55.8 Å².